The van der Waals surface area contributed by atoms with Crippen LogP contribution in [0.15, 0.2) is 16.4 Å². The highest BCUT2D eigenvalue weighted by atomic mass is 16.5. The van der Waals surface area contributed by atoms with Gasteiger partial charge in [0.05, 0.1) is 18.5 Å². The van der Waals surface area contributed by atoms with Gasteiger partial charge in [-0.1, -0.05) is 0 Å². The fraction of sp³-hybridized carbons (Fsp3) is 0.625. The van der Waals surface area contributed by atoms with Gasteiger partial charge in [-0.05, 0) is 13.8 Å². The van der Waals surface area contributed by atoms with Crippen molar-refractivity contribution in [3.05, 3.63) is 11.5 Å². The molecule has 0 unspecified atom stereocenters. The highest BCUT2D eigenvalue weighted by molar-refractivity contribution is 5.97. The zero-order valence-electron chi connectivity index (χ0n) is 7.51. The molecule has 1 heterocycles. The number of rotatable bonds is 1. The van der Waals surface area contributed by atoms with Crippen LogP contribution in [0.3, 0.4) is 0 Å². The van der Waals surface area contributed by atoms with Crippen LogP contribution in [0.1, 0.15) is 13.8 Å². The van der Waals surface area contributed by atoms with Gasteiger partial charge in [-0.3, -0.25) is 4.99 Å². The minimum Gasteiger partial charge on any atom is -0.493 e. The van der Waals surface area contributed by atoms with E-state index < -0.39 is 0 Å². The van der Waals surface area contributed by atoms with E-state index in [1.807, 2.05) is 20.9 Å². The van der Waals surface area contributed by atoms with E-state index in [0.29, 0.717) is 0 Å². The van der Waals surface area contributed by atoms with Crippen molar-refractivity contribution in [2.24, 2.45) is 4.99 Å². The molecule has 0 aromatic heterocycles. The molecule has 0 saturated carbocycles. The number of hydrogen-bond acceptors (Lipinski definition) is 3. The van der Waals surface area contributed by atoms with Gasteiger partial charge in [0.15, 0.2) is 5.76 Å². The van der Waals surface area contributed by atoms with Crippen molar-refractivity contribution in [3.63, 3.8) is 0 Å². The molecule has 0 spiro atoms. The maximum Gasteiger partial charge on any atom is 0.158 e. The molecule has 0 aliphatic carbocycles. The second-order valence-electron chi connectivity index (χ2n) is 2.70. The molecule has 0 radical (unpaired) electrons. The van der Waals surface area contributed by atoms with Crippen LogP contribution in [0.25, 0.3) is 0 Å². The summed E-state index contributed by atoms with van der Waals surface area (Å²) < 4.78 is 5.19. The summed E-state index contributed by atoms with van der Waals surface area (Å²) >= 11 is 0. The predicted octanol–water partition coefficient (Wildman–Crippen LogP) is 1.23. The Hall–Kier alpha value is -0.990. The van der Waals surface area contributed by atoms with Crippen molar-refractivity contribution in [3.8, 4) is 0 Å². The fourth-order valence-corrected chi connectivity index (χ4v) is 1.12. The highest BCUT2D eigenvalue weighted by Crippen LogP contribution is 2.15. The Morgan fingerprint density at radius 1 is 1.45 bits per heavy atom. The lowest BCUT2D eigenvalue weighted by Gasteiger charge is -2.25. The third-order valence-electron chi connectivity index (χ3n) is 1.95. The van der Waals surface area contributed by atoms with Crippen molar-refractivity contribution >= 4 is 5.71 Å². The van der Waals surface area contributed by atoms with Crippen LogP contribution < -0.4 is 0 Å². The van der Waals surface area contributed by atoms with Crippen molar-refractivity contribution in [2.75, 3.05) is 20.8 Å². The second kappa shape index (κ2) is 2.95. The minimum atomic E-state index is 0.741. The summed E-state index contributed by atoms with van der Waals surface area (Å²) in [6.07, 6.45) is 0. The molecule has 0 aromatic carbocycles. The summed E-state index contributed by atoms with van der Waals surface area (Å²) in [7, 11) is 3.68. The van der Waals surface area contributed by atoms with E-state index >= 15 is 0 Å². The summed E-state index contributed by atoms with van der Waals surface area (Å²) in [6.45, 7) is 4.75. The van der Waals surface area contributed by atoms with Crippen LogP contribution >= 0.6 is 0 Å². The van der Waals surface area contributed by atoms with E-state index in [1.165, 1.54) is 0 Å². The van der Waals surface area contributed by atoms with Crippen LogP contribution in [0.5, 0.6) is 0 Å². The summed E-state index contributed by atoms with van der Waals surface area (Å²) in [4.78, 5) is 6.33. The van der Waals surface area contributed by atoms with E-state index in [0.717, 1.165) is 23.8 Å². The normalized spacial score (nSPS) is 18.5. The van der Waals surface area contributed by atoms with Gasteiger partial charge in [0.2, 0.25) is 0 Å². The first-order valence-corrected chi connectivity index (χ1v) is 3.64. The molecule has 0 saturated heterocycles. The van der Waals surface area contributed by atoms with Crippen molar-refractivity contribution in [1.82, 2.24) is 4.90 Å². The third kappa shape index (κ3) is 1.37. The lowest BCUT2D eigenvalue weighted by atomic mass is 10.2. The molecular formula is C8H14N2O. The van der Waals surface area contributed by atoms with Crippen LogP contribution in [0, 0.1) is 0 Å². The van der Waals surface area contributed by atoms with Gasteiger partial charge in [0.1, 0.15) is 6.67 Å². The standard InChI is InChI=1S/C8H14N2O/c1-6-8(11-4)7(2)10(3)5-9-6/h5H2,1-4H3. The fourth-order valence-electron chi connectivity index (χ4n) is 1.12. The van der Waals surface area contributed by atoms with Gasteiger partial charge in [0.25, 0.3) is 0 Å². The molecule has 0 atom stereocenters. The molecule has 0 bridgehead atoms. The van der Waals surface area contributed by atoms with Crippen molar-refractivity contribution in [2.45, 2.75) is 13.8 Å². The van der Waals surface area contributed by atoms with Gasteiger partial charge < -0.3 is 9.64 Å². The van der Waals surface area contributed by atoms with E-state index in [4.69, 9.17) is 4.74 Å². The first-order chi connectivity index (χ1) is 5.16. The molecule has 0 N–H and O–H groups in total. The molecule has 1 aliphatic rings. The summed E-state index contributed by atoms with van der Waals surface area (Å²) in [5, 5.41) is 0. The van der Waals surface area contributed by atoms with Crippen molar-refractivity contribution < 1.29 is 4.74 Å². The molecular weight excluding hydrogens is 140 g/mol. The Labute approximate surface area is 67.4 Å². The Balaban J connectivity index is 2.95. The molecule has 62 valence electrons. The smallest absolute Gasteiger partial charge is 0.158 e. The predicted molar refractivity (Wildman–Crippen MR) is 45.4 cm³/mol. The Morgan fingerprint density at radius 2 is 2.09 bits per heavy atom. The Kier molecular flexibility index (Phi) is 2.17. The topological polar surface area (TPSA) is 24.8 Å². The number of ether oxygens (including phenoxy) is 1. The largest absolute Gasteiger partial charge is 0.493 e. The zero-order chi connectivity index (χ0) is 8.43. The van der Waals surface area contributed by atoms with Gasteiger partial charge in [-0.2, -0.15) is 0 Å². The molecule has 3 heteroatoms. The minimum absolute atomic E-state index is 0.741. The molecule has 1 aliphatic heterocycles. The highest BCUT2D eigenvalue weighted by Gasteiger charge is 2.14. The number of aliphatic imine (C=N–C) groups is 1. The molecule has 0 aromatic rings. The van der Waals surface area contributed by atoms with E-state index in [-0.39, 0.29) is 0 Å². The maximum atomic E-state index is 5.19. The average molecular weight is 154 g/mol. The number of methoxy groups -OCH3 is 1. The first kappa shape index (κ1) is 8.11. The second-order valence-corrected chi connectivity index (χ2v) is 2.70. The number of hydrogen-bond donors (Lipinski definition) is 0. The van der Waals surface area contributed by atoms with Crippen molar-refractivity contribution in [1.29, 1.82) is 0 Å². The van der Waals surface area contributed by atoms with Gasteiger partial charge in [-0.15, -0.1) is 0 Å². The molecule has 3 nitrogen and oxygen atoms in total. The van der Waals surface area contributed by atoms with Gasteiger partial charge in [-0.25, -0.2) is 0 Å². The molecule has 0 amide bonds. The monoisotopic (exact) mass is 154 g/mol. The lowest BCUT2D eigenvalue weighted by molar-refractivity contribution is 0.281. The summed E-state index contributed by atoms with van der Waals surface area (Å²) in [5.74, 6) is 0.902. The van der Waals surface area contributed by atoms with E-state index in [9.17, 15) is 0 Å². The van der Waals surface area contributed by atoms with E-state index in [2.05, 4.69) is 9.89 Å². The van der Waals surface area contributed by atoms with Crippen LogP contribution in [0.2, 0.25) is 0 Å². The van der Waals surface area contributed by atoms with Crippen LogP contribution in [-0.2, 0) is 4.74 Å². The van der Waals surface area contributed by atoms with Crippen LogP contribution in [-0.4, -0.2) is 31.4 Å². The molecule has 1 rings (SSSR count). The third-order valence-corrected chi connectivity index (χ3v) is 1.95. The Bertz CT molecular complexity index is 218. The molecule has 0 fully saturated rings. The summed E-state index contributed by atoms with van der Waals surface area (Å²) in [6, 6.07) is 0. The number of nitrogens with zero attached hydrogens (tertiary/aromatic N) is 2. The SMILES string of the molecule is COC1=C(C)N(C)CN=C1C. The van der Waals surface area contributed by atoms with E-state index in [1.54, 1.807) is 7.11 Å². The quantitative estimate of drug-likeness (QED) is 0.567. The van der Waals surface area contributed by atoms with Gasteiger partial charge >= 0.3 is 0 Å². The lowest BCUT2D eigenvalue weighted by Crippen LogP contribution is -2.25. The number of allylic oxidation sites excluding steroid dienone is 2. The Morgan fingerprint density at radius 3 is 2.55 bits per heavy atom. The average Bonchev–Trinajstić information content (AvgIpc) is 1.99. The maximum absolute atomic E-state index is 5.19. The zero-order valence-corrected chi connectivity index (χ0v) is 7.51. The molecule has 11 heavy (non-hydrogen) atoms. The van der Waals surface area contributed by atoms with Gasteiger partial charge in [0, 0.05) is 7.05 Å². The first-order valence-electron chi connectivity index (χ1n) is 3.64. The van der Waals surface area contributed by atoms with Crippen LogP contribution in [0.4, 0.5) is 0 Å². The summed E-state index contributed by atoms with van der Waals surface area (Å²) in [5.41, 5.74) is 2.14.